The molecule has 0 bridgehead atoms. The first-order chi connectivity index (χ1) is 25.8. The highest BCUT2D eigenvalue weighted by molar-refractivity contribution is 6.28. The first-order valence-corrected chi connectivity index (χ1v) is 18.0. The molecule has 4 heteroatoms. The molecule has 10 aromatic rings. The van der Waals surface area contributed by atoms with Crippen LogP contribution in [-0.2, 0) is 0 Å². The van der Waals surface area contributed by atoms with Crippen molar-refractivity contribution in [3.63, 3.8) is 0 Å². The molecule has 4 nitrogen and oxygen atoms in total. The number of para-hydroxylation sites is 5. The zero-order valence-electron chi connectivity index (χ0n) is 28.2. The van der Waals surface area contributed by atoms with Crippen molar-refractivity contribution < 1.29 is 0 Å². The van der Waals surface area contributed by atoms with Gasteiger partial charge >= 0.3 is 0 Å². The first-order valence-electron chi connectivity index (χ1n) is 18.0. The maximum Gasteiger partial charge on any atom is 0.235 e. The summed E-state index contributed by atoms with van der Waals surface area (Å²) in [5.41, 5.74) is 13.4. The second-order valence-corrected chi connectivity index (χ2v) is 13.9. The van der Waals surface area contributed by atoms with Crippen LogP contribution in [0.2, 0.25) is 0 Å². The Balaban J connectivity index is 1.18. The van der Waals surface area contributed by atoms with E-state index in [-0.39, 0.29) is 6.04 Å². The van der Waals surface area contributed by atoms with Gasteiger partial charge in [0.15, 0.2) is 0 Å². The van der Waals surface area contributed by atoms with Crippen molar-refractivity contribution in [2.75, 3.05) is 0 Å². The molecule has 0 amide bonds. The largest absolute Gasteiger partial charge is 0.317 e. The molecule has 12 rings (SSSR count). The zero-order valence-corrected chi connectivity index (χ0v) is 28.2. The summed E-state index contributed by atoms with van der Waals surface area (Å²) in [6.07, 6.45) is 9.02. The molecular formula is C48H31N4+. The number of rotatable bonds is 3. The van der Waals surface area contributed by atoms with Gasteiger partial charge in [0.2, 0.25) is 17.1 Å². The van der Waals surface area contributed by atoms with Crippen LogP contribution in [0.5, 0.6) is 0 Å². The van der Waals surface area contributed by atoms with E-state index in [0.29, 0.717) is 0 Å². The summed E-state index contributed by atoms with van der Waals surface area (Å²) in [6.45, 7) is 0. The van der Waals surface area contributed by atoms with Crippen molar-refractivity contribution in [3.8, 4) is 11.4 Å². The molecule has 3 aromatic heterocycles. The normalized spacial score (nSPS) is 15.3. The lowest BCUT2D eigenvalue weighted by molar-refractivity contribution is 0.783. The molecule has 0 radical (unpaired) electrons. The monoisotopic (exact) mass is 663 g/mol. The van der Waals surface area contributed by atoms with E-state index in [0.717, 1.165) is 5.69 Å². The van der Waals surface area contributed by atoms with Crippen LogP contribution in [0, 0.1) is 0 Å². The van der Waals surface area contributed by atoms with E-state index >= 15 is 0 Å². The lowest BCUT2D eigenvalue weighted by Gasteiger charge is -2.24. The van der Waals surface area contributed by atoms with Crippen LogP contribution in [0.1, 0.15) is 6.04 Å². The van der Waals surface area contributed by atoms with Crippen LogP contribution < -0.4 is 4.58 Å². The van der Waals surface area contributed by atoms with E-state index in [9.17, 15) is 0 Å². The maximum absolute atomic E-state index is 2.62. The topological polar surface area (TPSA) is 17.8 Å². The van der Waals surface area contributed by atoms with Gasteiger partial charge in [-0.2, -0.15) is 4.58 Å². The minimum atomic E-state index is 0.0493. The fraction of sp³-hybridized carbons (Fsp3) is 0.0208. The van der Waals surface area contributed by atoms with Crippen LogP contribution in [0.15, 0.2) is 182 Å². The highest BCUT2D eigenvalue weighted by atomic mass is 15.2. The van der Waals surface area contributed by atoms with Crippen molar-refractivity contribution in [3.05, 3.63) is 182 Å². The van der Waals surface area contributed by atoms with Gasteiger partial charge in [-0.05, 0) is 48.5 Å². The summed E-state index contributed by atoms with van der Waals surface area (Å²) in [5, 5.41) is 7.62. The van der Waals surface area contributed by atoms with Gasteiger partial charge in [0, 0.05) is 68.0 Å². The van der Waals surface area contributed by atoms with E-state index in [1.165, 1.54) is 88.2 Å². The second-order valence-electron chi connectivity index (χ2n) is 13.9. The minimum absolute atomic E-state index is 0.0493. The summed E-state index contributed by atoms with van der Waals surface area (Å²) >= 11 is 0. The van der Waals surface area contributed by atoms with E-state index in [1.54, 1.807) is 0 Å². The highest BCUT2D eigenvalue weighted by Gasteiger charge is 2.38. The first kappa shape index (κ1) is 27.9. The molecule has 4 heterocycles. The van der Waals surface area contributed by atoms with E-state index in [4.69, 9.17) is 0 Å². The summed E-state index contributed by atoms with van der Waals surface area (Å²) in [5.74, 6) is 0. The predicted molar refractivity (Wildman–Crippen MR) is 218 cm³/mol. The van der Waals surface area contributed by atoms with Crippen LogP contribution in [0.3, 0.4) is 0 Å². The van der Waals surface area contributed by atoms with Crippen molar-refractivity contribution in [1.29, 1.82) is 0 Å². The Bertz CT molecular complexity index is 3220. The van der Waals surface area contributed by atoms with E-state index < -0.39 is 0 Å². The van der Waals surface area contributed by atoms with Crippen LogP contribution in [-0.4, -0.2) is 19.4 Å². The summed E-state index contributed by atoms with van der Waals surface area (Å²) < 4.78 is 9.93. The second kappa shape index (κ2) is 10.3. The van der Waals surface area contributed by atoms with Crippen molar-refractivity contribution in [1.82, 2.24) is 18.3 Å². The molecule has 52 heavy (non-hydrogen) atoms. The van der Waals surface area contributed by atoms with Gasteiger partial charge in [0.1, 0.15) is 11.6 Å². The van der Waals surface area contributed by atoms with Crippen molar-refractivity contribution in [2.45, 2.75) is 6.04 Å². The minimum Gasteiger partial charge on any atom is -0.317 e. The van der Waals surface area contributed by atoms with Gasteiger partial charge < -0.3 is 13.7 Å². The Labute approximate surface area is 299 Å². The van der Waals surface area contributed by atoms with Gasteiger partial charge in [-0.15, -0.1) is 0 Å². The van der Waals surface area contributed by atoms with Gasteiger partial charge in [0.05, 0.1) is 27.6 Å². The molecule has 0 saturated heterocycles. The van der Waals surface area contributed by atoms with Crippen molar-refractivity contribution in [2.24, 2.45) is 0 Å². The fourth-order valence-electron chi connectivity index (χ4n) is 9.27. The predicted octanol–water partition coefficient (Wildman–Crippen LogP) is 11.9. The molecule has 1 atom stereocenters. The number of allylic oxidation sites excluding steroid dienone is 4. The molecule has 1 unspecified atom stereocenters. The molecule has 1 aliphatic carbocycles. The summed E-state index contributed by atoms with van der Waals surface area (Å²) in [6, 6.07) is 57.7. The fourth-order valence-corrected chi connectivity index (χ4v) is 9.27. The Hall–Kier alpha value is -6.91. The quantitative estimate of drug-likeness (QED) is 0.168. The highest BCUT2D eigenvalue weighted by Crippen LogP contribution is 2.47. The molecule has 7 aromatic carbocycles. The summed E-state index contributed by atoms with van der Waals surface area (Å²) in [4.78, 5) is 0. The van der Waals surface area contributed by atoms with Crippen LogP contribution in [0.25, 0.3) is 76.8 Å². The van der Waals surface area contributed by atoms with Crippen molar-refractivity contribution >= 4 is 82.5 Å². The van der Waals surface area contributed by atoms with E-state index in [2.05, 4.69) is 200 Å². The van der Waals surface area contributed by atoms with Gasteiger partial charge in [-0.25, -0.2) is 0 Å². The number of benzene rings is 7. The molecule has 0 saturated carbocycles. The Morgan fingerprint density at radius 1 is 0.442 bits per heavy atom. The number of aromatic nitrogens is 3. The molecule has 242 valence electrons. The zero-order chi connectivity index (χ0) is 33.9. The molecule has 0 fully saturated rings. The van der Waals surface area contributed by atoms with Gasteiger partial charge in [-0.1, -0.05) is 109 Å². The maximum atomic E-state index is 2.62. The van der Waals surface area contributed by atoms with Gasteiger partial charge in [-0.3, -0.25) is 0 Å². The third kappa shape index (κ3) is 3.58. The number of hydrogen-bond donors (Lipinski definition) is 0. The Morgan fingerprint density at radius 3 is 1.94 bits per heavy atom. The Kier molecular flexibility index (Phi) is 5.53. The molecular weight excluding hydrogens is 633 g/mol. The lowest BCUT2D eigenvalue weighted by atomic mass is 10.0. The third-order valence-corrected chi connectivity index (χ3v) is 11.3. The number of nitrogens with zero attached hydrogens (tertiary/aromatic N) is 4. The SMILES string of the molecule is C1=CC2=[N+](c3ccccc3)c3cccc4c5ccc6c(c7ccccc7n6-c6ccc7c(c6)c6ccccc6n7-c6ccccc6)c5n(c34)C2C=C1. The molecule has 2 aliphatic rings. The average molecular weight is 664 g/mol. The average Bonchev–Trinajstić information content (AvgIpc) is 3.85. The van der Waals surface area contributed by atoms with Crippen LogP contribution in [0.4, 0.5) is 11.4 Å². The molecule has 1 aliphatic heterocycles. The number of fused-ring (bicyclic) bond motifs is 12. The summed E-state index contributed by atoms with van der Waals surface area (Å²) in [7, 11) is 0. The molecule has 0 N–H and O–H groups in total. The van der Waals surface area contributed by atoms with E-state index in [1.807, 2.05) is 0 Å². The van der Waals surface area contributed by atoms with Gasteiger partial charge in [0.25, 0.3) is 0 Å². The smallest absolute Gasteiger partial charge is 0.235 e. The standard InChI is InChI=1S/C48H31N4/c1-3-14-31(15-4-1)49-39-21-9-7-18-34(39)38-30-33(26-28-41(38)49)51-40-22-10-8-19-37(40)46-44(51)29-27-36-35-20-13-25-45-47(35)52(48(36)46)43-24-12-11-23-42(43)50(45)32-16-5-2-6-17-32/h1-30,43H/q+1. The molecule has 0 spiro atoms. The number of hydrogen-bond acceptors (Lipinski definition) is 0. The Morgan fingerprint density at radius 2 is 1.10 bits per heavy atom. The van der Waals surface area contributed by atoms with Crippen LogP contribution >= 0.6 is 0 Å². The third-order valence-electron chi connectivity index (χ3n) is 11.3. The lowest BCUT2D eigenvalue weighted by Crippen LogP contribution is -2.30.